The molecule has 19 heavy (non-hydrogen) atoms. The van der Waals surface area contributed by atoms with Crippen LogP contribution in [0, 0.1) is 0 Å². The zero-order chi connectivity index (χ0) is 13.8. The number of rotatable bonds is 2. The monoisotopic (exact) mass is 263 g/mol. The Morgan fingerprint density at radius 1 is 1.26 bits per heavy atom. The Morgan fingerprint density at radius 3 is 2.79 bits per heavy atom. The van der Waals surface area contributed by atoms with Crippen LogP contribution in [0.3, 0.4) is 0 Å². The third-order valence-electron chi connectivity index (χ3n) is 3.50. The number of carbonyl (C=O) groups excluding carboxylic acids is 1. The maximum absolute atomic E-state index is 12.6. The smallest absolute Gasteiger partial charge is 0.259 e. The molecule has 104 valence electrons. The molecule has 1 fully saturated rings. The quantitative estimate of drug-likeness (QED) is 0.810. The number of anilines is 1. The average Bonchev–Trinajstić information content (AvgIpc) is 2.62. The highest BCUT2D eigenvalue weighted by atomic mass is 16.5. The van der Waals surface area contributed by atoms with E-state index < -0.39 is 0 Å². The van der Waals surface area contributed by atoms with Crippen molar-refractivity contribution in [2.24, 2.45) is 0 Å². The number of nitrogen functional groups attached to an aromatic ring is 1. The molecule has 5 nitrogen and oxygen atoms in total. The Balaban J connectivity index is 2.24. The minimum absolute atomic E-state index is 0.0368. The molecule has 0 unspecified atom stereocenters. The summed E-state index contributed by atoms with van der Waals surface area (Å²) >= 11 is 0. The molecular formula is C14H21N3O2. The molecule has 1 heterocycles. The van der Waals surface area contributed by atoms with Crippen molar-refractivity contribution in [1.29, 1.82) is 0 Å². The largest absolute Gasteiger partial charge is 0.496 e. The Kier molecular flexibility index (Phi) is 4.27. The van der Waals surface area contributed by atoms with Gasteiger partial charge in [0.15, 0.2) is 0 Å². The van der Waals surface area contributed by atoms with Gasteiger partial charge in [0.1, 0.15) is 11.3 Å². The molecule has 1 saturated heterocycles. The van der Waals surface area contributed by atoms with Crippen LogP contribution >= 0.6 is 0 Å². The second-order valence-electron chi connectivity index (χ2n) is 4.87. The average molecular weight is 263 g/mol. The number of methoxy groups -OCH3 is 1. The zero-order valence-electron chi connectivity index (χ0n) is 11.6. The number of carbonyl (C=O) groups is 1. The highest BCUT2D eigenvalue weighted by molar-refractivity contribution is 6.01. The van der Waals surface area contributed by atoms with Crippen molar-refractivity contribution in [1.82, 2.24) is 9.80 Å². The molecule has 0 bridgehead atoms. The van der Waals surface area contributed by atoms with Crippen LogP contribution in [0.1, 0.15) is 16.8 Å². The maximum Gasteiger partial charge on any atom is 0.259 e. The highest BCUT2D eigenvalue weighted by Crippen LogP contribution is 2.26. The number of amides is 1. The van der Waals surface area contributed by atoms with E-state index in [1.54, 1.807) is 25.3 Å². The van der Waals surface area contributed by atoms with Gasteiger partial charge in [0.25, 0.3) is 5.91 Å². The molecule has 1 aromatic carbocycles. The Hall–Kier alpha value is -1.75. The normalized spacial score (nSPS) is 17.1. The van der Waals surface area contributed by atoms with Crippen LogP contribution in [0.2, 0.25) is 0 Å². The van der Waals surface area contributed by atoms with Gasteiger partial charge in [-0.3, -0.25) is 4.79 Å². The van der Waals surface area contributed by atoms with Gasteiger partial charge in [-0.2, -0.15) is 0 Å². The van der Waals surface area contributed by atoms with Gasteiger partial charge in [0.2, 0.25) is 0 Å². The van der Waals surface area contributed by atoms with Gasteiger partial charge >= 0.3 is 0 Å². The summed E-state index contributed by atoms with van der Waals surface area (Å²) in [7, 11) is 3.63. The van der Waals surface area contributed by atoms with E-state index in [9.17, 15) is 4.79 Å². The summed E-state index contributed by atoms with van der Waals surface area (Å²) in [4.78, 5) is 16.7. The van der Waals surface area contributed by atoms with E-state index in [-0.39, 0.29) is 5.91 Å². The molecule has 1 aliphatic heterocycles. The van der Waals surface area contributed by atoms with Gasteiger partial charge in [-0.15, -0.1) is 0 Å². The molecule has 0 spiro atoms. The minimum atomic E-state index is -0.0368. The fourth-order valence-corrected chi connectivity index (χ4v) is 2.35. The van der Waals surface area contributed by atoms with Gasteiger partial charge in [-0.1, -0.05) is 6.07 Å². The molecule has 0 saturated carbocycles. The van der Waals surface area contributed by atoms with Crippen LogP contribution in [-0.4, -0.2) is 56.0 Å². The molecule has 1 aliphatic rings. The number of likely N-dealkylation sites (N-methyl/N-ethyl adjacent to an activating group) is 1. The first-order valence-corrected chi connectivity index (χ1v) is 6.53. The first-order valence-electron chi connectivity index (χ1n) is 6.53. The lowest BCUT2D eigenvalue weighted by Gasteiger charge is -2.22. The van der Waals surface area contributed by atoms with Crippen molar-refractivity contribution in [2.75, 3.05) is 46.1 Å². The van der Waals surface area contributed by atoms with Crippen molar-refractivity contribution in [2.45, 2.75) is 6.42 Å². The molecule has 0 radical (unpaired) electrons. The van der Waals surface area contributed by atoms with Crippen LogP contribution in [-0.2, 0) is 0 Å². The van der Waals surface area contributed by atoms with Crippen molar-refractivity contribution in [3.63, 3.8) is 0 Å². The van der Waals surface area contributed by atoms with Gasteiger partial charge in [-0.05, 0) is 32.1 Å². The molecule has 1 amide bonds. The lowest BCUT2D eigenvalue weighted by atomic mass is 10.1. The van der Waals surface area contributed by atoms with Gasteiger partial charge in [0, 0.05) is 25.3 Å². The molecule has 2 N–H and O–H groups in total. The Labute approximate surface area is 113 Å². The summed E-state index contributed by atoms with van der Waals surface area (Å²) in [6.07, 6.45) is 0.983. The van der Waals surface area contributed by atoms with E-state index in [4.69, 9.17) is 10.5 Å². The van der Waals surface area contributed by atoms with Crippen LogP contribution in [0.25, 0.3) is 0 Å². The second kappa shape index (κ2) is 5.93. The van der Waals surface area contributed by atoms with E-state index in [0.717, 1.165) is 32.6 Å². The summed E-state index contributed by atoms with van der Waals surface area (Å²) in [5, 5.41) is 0. The molecule has 0 aliphatic carbocycles. The van der Waals surface area contributed by atoms with Crippen LogP contribution in [0.5, 0.6) is 5.75 Å². The van der Waals surface area contributed by atoms with Crippen molar-refractivity contribution < 1.29 is 9.53 Å². The minimum Gasteiger partial charge on any atom is -0.496 e. The first-order chi connectivity index (χ1) is 9.13. The molecule has 0 atom stereocenters. The van der Waals surface area contributed by atoms with Crippen molar-refractivity contribution in [3.8, 4) is 5.75 Å². The number of nitrogens with two attached hydrogens (primary N) is 1. The highest BCUT2D eigenvalue weighted by Gasteiger charge is 2.23. The van der Waals surface area contributed by atoms with Crippen LogP contribution in [0.15, 0.2) is 18.2 Å². The number of hydrogen-bond acceptors (Lipinski definition) is 4. The first kappa shape index (κ1) is 13.7. The number of benzene rings is 1. The molecule has 1 aromatic rings. The lowest BCUT2D eigenvalue weighted by Crippen LogP contribution is -2.35. The van der Waals surface area contributed by atoms with E-state index in [2.05, 4.69) is 11.9 Å². The van der Waals surface area contributed by atoms with E-state index >= 15 is 0 Å². The molecule has 2 rings (SSSR count). The number of nitrogens with zero attached hydrogens (tertiary/aromatic N) is 2. The summed E-state index contributed by atoms with van der Waals surface area (Å²) in [5.41, 5.74) is 6.89. The number of hydrogen-bond donors (Lipinski definition) is 1. The summed E-state index contributed by atoms with van der Waals surface area (Å²) in [5.74, 6) is 0.507. The summed E-state index contributed by atoms with van der Waals surface area (Å²) in [6.45, 7) is 3.40. The van der Waals surface area contributed by atoms with E-state index in [1.807, 2.05) is 4.90 Å². The topological polar surface area (TPSA) is 58.8 Å². The second-order valence-corrected chi connectivity index (χ2v) is 4.87. The third-order valence-corrected chi connectivity index (χ3v) is 3.50. The van der Waals surface area contributed by atoms with Gasteiger partial charge < -0.3 is 20.3 Å². The predicted octanol–water partition coefficient (Wildman–Crippen LogP) is 1.06. The molecule has 0 aromatic heterocycles. The van der Waals surface area contributed by atoms with Crippen LogP contribution in [0.4, 0.5) is 5.69 Å². The molecular weight excluding hydrogens is 242 g/mol. The lowest BCUT2D eigenvalue weighted by molar-refractivity contribution is 0.0760. The van der Waals surface area contributed by atoms with E-state index in [1.165, 1.54) is 0 Å². The van der Waals surface area contributed by atoms with Crippen molar-refractivity contribution in [3.05, 3.63) is 23.8 Å². The standard InChI is InChI=1S/C14H21N3O2/c1-16-7-4-8-17(10-9-16)14(18)13-11(15)5-3-6-12(13)19-2/h3,5-6H,4,7-10,15H2,1-2H3. The van der Waals surface area contributed by atoms with Crippen molar-refractivity contribution >= 4 is 11.6 Å². The van der Waals surface area contributed by atoms with Gasteiger partial charge in [-0.25, -0.2) is 0 Å². The Bertz CT molecular complexity index is 462. The SMILES string of the molecule is COc1cccc(N)c1C(=O)N1CCCN(C)CC1. The van der Waals surface area contributed by atoms with Crippen LogP contribution < -0.4 is 10.5 Å². The maximum atomic E-state index is 12.6. The molecule has 5 heteroatoms. The predicted molar refractivity (Wildman–Crippen MR) is 75.4 cm³/mol. The number of ether oxygens (including phenoxy) is 1. The summed E-state index contributed by atoms with van der Waals surface area (Å²) < 4.78 is 5.25. The summed E-state index contributed by atoms with van der Waals surface area (Å²) in [6, 6.07) is 5.30. The Morgan fingerprint density at radius 2 is 2.05 bits per heavy atom. The van der Waals surface area contributed by atoms with Gasteiger partial charge in [0.05, 0.1) is 7.11 Å². The van der Waals surface area contributed by atoms with E-state index in [0.29, 0.717) is 17.0 Å². The third kappa shape index (κ3) is 2.98. The fourth-order valence-electron chi connectivity index (χ4n) is 2.35. The fraction of sp³-hybridized carbons (Fsp3) is 0.500. The zero-order valence-corrected chi connectivity index (χ0v) is 11.6.